The fourth-order valence-corrected chi connectivity index (χ4v) is 4.69. The van der Waals surface area contributed by atoms with Crippen LogP contribution >= 0.6 is 0 Å². The van der Waals surface area contributed by atoms with Crippen molar-refractivity contribution in [3.8, 4) is 0 Å². The van der Waals surface area contributed by atoms with Crippen molar-refractivity contribution < 1.29 is 19.5 Å². The van der Waals surface area contributed by atoms with Crippen molar-refractivity contribution in [2.45, 2.75) is 98.0 Å². The van der Waals surface area contributed by atoms with Crippen LogP contribution < -0.4 is 21.7 Å². The number of carbonyl (C=O) groups excluding carboxylic acids is 3. The predicted molar refractivity (Wildman–Crippen MR) is 158 cm³/mol. The average Bonchev–Trinajstić information content (AvgIpc) is 3.45. The van der Waals surface area contributed by atoms with E-state index in [0.29, 0.717) is 12.8 Å². The summed E-state index contributed by atoms with van der Waals surface area (Å²) in [5.74, 6) is -1.58. The van der Waals surface area contributed by atoms with Crippen LogP contribution in [0, 0.1) is 23.7 Å². The number of pyridine rings is 1. The molecule has 0 aliphatic rings. The average molecular weight is 572 g/mol. The normalized spacial score (nSPS) is 16.0. The summed E-state index contributed by atoms with van der Waals surface area (Å²) in [5.41, 5.74) is 7.59. The Bertz CT molecular complexity index is 1060. The molecule has 3 amide bonds. The number of nitrogens with zero attached hydrogens (tertiary/aromatic N) is 2. The molecule has 0 bridgehead atoms. The Labute approximate surface area is 243 Å². The molecule has 11 nitrogen and oxygen atoms in total. The Morgan fingerprint density at radius 2 is 1.76 bits per heavy atom. The Morgan fingerprint density at radius 3 is 2.32 bits per heavy atom. The van der Waals surface area contributed by atoms with Crippen molar-refractivity contribution in [3.63, 3.8) is 0 Å². The van der Waals surface area contributed by atoms with Crippen LogP contribution in [0.1, 0.15) is 72.2 Å². The number of amides is 3. The summed E-state index contributed by atoms with van der Waals surface area (Å²) in [6.45, 7) is 12.0. The predicted octanol–water partition coefficient (Wildman–Crippen LogP) is 2.08. The van der Waals surface area contributed by atoms with Gasteiger partial charge in [-0.2, -0.15) is 0 Å². The number of rotatable bonds is 17. The number of aromatic nitrogens is 3. The molecule has 7 N–H and O–H groups in total. The van der Waals surface area contributed by atoms with E-state index in [1.807, 2.05) is 53.7 Å². The molecule has 11 heteroatoms. The van der Waals surface area contributed by atoms with Gasteiger partial charge in [-0.15, -0.1) is 0 Å². The fourth-order valence-electron chi connectivity index (χ4n) is 4.69. The second kappa shape index (κ2) is 16.8. The molecule has 228 valence electrons. The van der Waals surface area contributed by atoms with Crippen LogP contribution in [0.3, 0.4) is 0 Å². The number of imidazole rings is 1. The first-order chi connectivity index (χ1) is 19.4. The van der Waals surface area contributed by atoms with E-state index < -0.39 is 30.1 Å². The molecule has 2 heterocycles. The largest absolute Gasteiger partial charge is 0.391 e. The summed E-state index contributed by atoms with van der Waals surface area (Å²) in [7, 11) is 0. The van der Waals surface area contributed by atoms with E-state index in [1.165, 1.54) is 6.33 Å². The topological polar surface area (TPSA) is 175 Å². The van der Waals surface area contributed by atoms with E-state index >= 15 is 0 Å². The number of aliphatic hydroxyl groups is 1. The van der Waals surface area contributed by atoms with Crippen LogP contribution in [-0.4, -0.2) is 62.0 Å². The summed E-state index contributed by atoms with van der Waals surface area (Å²) in [5, 5.41) is 20.0. The summed E-state index contributed by atoms with van der Waals surface area (Å²) in [6, 6.07) is 3.34. The maximum absolute atomic E-state index is 13.6. The Morgan fingerprint density at radius 1 is 1.02 bits per heavy atom. The highest BCUT2D eigenvalue weighted by atomic mass is 16.3. The molecule has 41 heavy (non-hydrogen) atoms. The summed E-state index contributed by atoms with van der Waals surface area (Å²) in [4.78, 5) is 50.7. The highest BCUT2D eigenvalue weighted by molar-refractivity contribution is 5.88. The van der Waals surface area contributed by atoms with Crippen molar-refractivity contribution >= 4 is 17.7 Å². The molecule has 0 aliphatic carbocycles. The third kappa shape index (κ3) is 11.2. The molecule has 6 atom stereocenters. The van der Waals surface area contributed by atoms with Crippen molar-refractivity contribution in [3.05, 3.63) is 48.3 Å². The quantitative estimate of drug-likeness (QED) is 0.168. The van der Waals surface area contributed by atoms with Gasteiger partial charge in [0, 0.05) is 30.4 Å². The van der Waals surface area contributed by atoms with Gasteiger partial charge in [0.05, 0.1) is 36.8 Å². The third-order valence-electron chi connectivity index (χ3n) is 7.45. The van der Waals surface area contributed by atoms with Gasteiger partial charge in [-0.3, -0.25) is 19.4 Å². The van der Waals surface area contributed by atoms with Crippen LogP contribution in [0.4, 0.5) is 0 Å². The van der Waals surface area contributed by atoms with Crippen molar-refractivity contribution in [1.82, 2.24) is 30.9 Å². The third-order valence-corrected chi connectivity index (χ3v) is 7.45. The molecular formula is C30H49N7O4. The molecule has 2 rings (SSSR count). The van der Waals surface area contributed by atoms with Gasteiger partial charge < -0.3 is 31.8 Å². The second-order valence-electron chi connectivity index (χ2n) is 11.7. The molecule has 2 aromatic rings. The molecule has 0 aromatic carbocycles. The first kappa shape index (κ1) is 33.9. The molecular weight excluding hydrogens is 522 g/mol. The van der Waals surface area contributed by atoms with Gasteiger partial charge in [0.25, 0.3) is 0 Å². The number of H-pyrrole nitrogens is 1. The van der Waals surface area contributed by atoms with Gasteiger partial charge in [-0.25, -0.2) is 4.98 Å². The Balaban J connectivity index is 2.09. The minimum absolute atomic E-state index is 0.107. The van der Waals surface area contributed by atoms with Crippen molar-refractivity contribution in [2.24, 2.45) is 29.4 Å². The van der Waals surface area contributed by atoms with Crippen LogP contribution in [0.5, 0.6) is 0 Å². The number of nitrogens with two attached hydrogens (primary N) is 1. The van der Waals surface area contributed by atoms with Gasteiger partial charge in [0.1, 0.15) is 6.04 Å². The highest BCUT2D eigenvalue weighted by Gasteiger charge is 2.34. The Hall–Kier alpha value is -3.31. The smallest absolute Gasteiger partial charge is 0.243 e. The van der Waals surface area contributed by atoms with Gasteiger partial charge >= 0.3 is 0 Å². The minimum Gasteiger partial charge on any atom is -0.391 e. The van der Waals surface area contributed by atoms with Gasteiger partial charge in [-0.1, -0.05) is 54.0 Å². The maximum atomic E-state index is 13.6. The summed E-state index contributed by atoms with van der Waals surface area (Å²) in [6.07, 6.45) is 5.43. The molecule has 0 saturated carbocycles. The number of aliphatic hydroxyl groups excluding tert-OH is 1. The fraction of sp³-hybridized carbons (Fsp3) is 0.633. The van der Waals surface area contributed by atoms with Crippen LogP contribution in [-0.2, 0) is 27.3 Å². The Kier molecular flexibility index (Phi) is 13.9. The van der Waals surface area contributed by atoms with Crippen LogP contribution in [0.25, 0.3) is 0 Å². The number of hydrogen-bond acceptors (Lipinski definition) is 7. The summed E-state index contributed by atoms with van der Waals surface area (Å²) < 4.78 is 0. The molecule has 0 unspecified atom stereocenters. The second-order valence-corrected chi connectivity index (χ2v) is 11.7. The van der Waals surface area contributed by atoms with E-state index in [2.05, 4.69) is 30.9 Å². The lowest BCUT2D eigenvalue weighted by Gasteiger charge is -2.32. The summed E-state index contributed by atoms with van der Waals surface area (Å²) >= 11 is 0. The zero-order valence-corrected chi connectivity index (χ0v) is 25.3. The van der Waals surface area contributed by atoms with E-state index in [4.69, 9.17) is 5.73 Å². The van der Waals surface area contributed by atoms with E-state index in [0.717, 1.165) is 11.4 Å². The van der Waals surface area contributed by atoms with Gasteiger partial charge in [0.15, 0.2) is 0 Å². The van der Waals surface area contributed by atoms with Crippen molar-refractivity contribution in [1.29, 1.82) is 0 Å². The number of hydrogen-bond donors (Lipinski definition) is 6. The lowest BCUT2D eigenvalue weighted by atomic mass is 9.85. The zero-order chi connectivity index (χ0) is 30.5. The van der Waals surface area contributed by atoms with Crippen LogP contribution in [0.2, 0.25) is 0 Å². The van der Waals surface area contributed by atoms with E-state index in [1.54, 1.807) is 18.5 Å². The van der Waals surface area contributed by atoms with Crippen molar-refractivity contribution in [2.75, 3.05) is 0 Å². The lowest BCUT2D eigenvalue weighted by molar-refractivity contribution is -0.134. The number of aromatic amines is 1. The van der Waals surface area contributed by atoms with Gasteiger partial charge in [-0.05, 0) is 42.7 Å². The zero-order valence-electron chi connectivity index (χ0n) is 25.3. The molecule has 0 spiro atoms. The first-order valence-corrected chi connectivity index (χ1v) is 14.6. The molecule has 0 aliphatic heterocycles. The van der Waals surface area contributed by atoms with E-state index in [9.17, 15) is 19.5 Å². The minimum atomic E-state index is -0.987. The van der Waals surface area contributed by atoms with Gasteiger partial charge in [0.2, 0.25) is 17.7 Å². The van der Waals surface area contributed by atoms with Crippen LogP contribution in [0.15, 0.2) is 36.9 Å². The first-order valence-electron chi connectivity index (χ1n) is 14.6. The molecule has 2 aromatic heterocycles. The maximum Gasteiger partial charge on any atom is 0.243 e. The molecule has 0 fully saturated rings. The number of nitrogens with one attached hydrogen (secondary N) is 4. The molecule has 0 saturated heterocycles. The molecule has 0 radical (unpaired) electrons. The monoisotopic (exact) mass is 571 g/mol. The number of carbonyl (C=O) groups is 3. The SMILES string of the molecule is CC[C@H](C)[C@H](NC(=O)[C@H](C[C@H](O)[C@H](CC(C)C)NC(=O)[C@@H](N)Cc1cnc[nH]1)C(C)C)C(=O)NCc1ccccn1. The standard InChI is InChI=1S/C30H49N7O4/c1-7-20(6)27(30(41)34-16-21-10-8-9-11-33-21)37-28(39)23(19(4)5)14-26(38)25(12-18(2)3)36-29(40)24(31)13-22-15-32-17-35-22/h8-11,15,17-20,23-27,38H,7,12-14,16,31H2,1-6H3,(H,32,35)(H,34,41)(H,36,40)(H,37,39)/t20-,23+,24-,25-,26-,27-/m0/s1. The van der Waals surface area contributed by atoms with E-state index in [-0.39, 0.29) is 54.9 Å². The highest BCUT2D eigenvalue weighted by Crippen LogP contribution is 2.23. The lowest BCUT2D eigenvalue weighted by Crippen LogP contribution is -2.54.